The molecule has 0 aliphatic carbocycles. The van der Waals surface area contributed by atoms with E-state index in [0.29, 0.717) is 24.2 Å². The minimum atomic E-state index is -0.0511. The van der Waals surface area contributed by atoms with Crippen molar-refractivity contribution in [2.45, 2.75) is 39.5 Å². The predicted octanol–water partition coefficient (Wildman–Crippen LogP) is 6.74. The number of amides is 2. The van der Waals surface area contributed by atoms with Crippen LogP contribution in [-0.4, -0.2) is 34.7 Å². The normalized spacial score (nSPS) is 16.5. The second-order valence-electron chi connectivity index (χ2n) is 7.28. The molecule has 2 aromatic rings. The molecule has 4 heterocycles. The summed E-state index contributed by atoms with van der Waals surface area (Å²) < 4.78 is 1.98. The van der Waals surface area contributed by atoms with Gasteiger partial charge in [-0.25, -0.2) is 0 Å². The van der Waals surface area contributed by atoms with Crippen LogP contribution >= 0.6 is 54.5 Å². The van der Waals surface area contributed by atoms with Gasteiger partial charge in [-0.15, -0.1) is 22.7 Å². The van der Waals surface area contributed by atoms with Crippen LogP contribution in [0.3, 0.4) is 0 Å². The first-order chi connectivity index (χ1) is 14.5. The molecule has 158 valence electrons. The van der Waals surface area contributed by atoms with Crippen molar-refractivity contribution in [1.29, 1.82) is 0 Å². The van der Waals surface area contributed by atoms with Crippen molar-refractivity contribution in [3.05, 3.63) is 52.7 Å². The highest BCUT2D eigenvalue weighted by molar-refractivity contribution is 9.11. The highest BCUT2D eigenvalue weighted by Crippen LogP contribution is 2.49. The number of carbonyl (C=O) groups is 2. The summed E-state index contributed by atoms with van der Waals surface area (Å²) in [5, 5.41) is 0. The first-order valence-electron chi connectivity index (χ1n) is 10.1. The third kappa shape index (κ3) is 3.76. The van der Waals surface area contributed by atoms with E-state index in [4.69, 9.17) is 0 Å². The fourth-order valence-corrected chi connectivity index (χ4v) is 6.74. The highest BCUT2D eigenvalue weighted by Gasteiger charge is 2.49. The van der Waals surface area contributed by atoms with Crippen LogP contribution in [0.25, 0.3) is 11.4 Å². The molecule has 0 saturated heterocycles. The smallest absolute Gasteiger partial charge is 0.261 e. The van der Waals surface area contributed by atoms with Crippen LogP contribution < -0.4 is 0 Å². The average Bonchev–Trinajstić information content (AvgIpc) is 3.46. The van der Waals surface area contributed by atoms with Crippen LogP contribution in [0.2, 0.25) is 0 Å². The Kier molecular flexibility index (Phi) is 6.67. The topological polar surface area (TPSA) is 40.6 Å². The molecule has 0 unspecified atom stereocenters. The maximum atomic E-state index is 13.7. The molecule has 2 aromatic heterocycles. The van der Waals surface area contributed by atoms with Gasteiger partial charge in [0.2, 0.25) is 0 Å². The van der Waals surface area contributed by atoms with E-state index in [1.807, 2.05) is 34.1 Å². The van der Waals surface area contributed by atoms with E-state index in [1.54, 1.807) is 22.7 Å². The van der Waals surface area contributed by atoms with Crippen molar-refractivity contribution in [3.63, 3.8) is 0 Å². The monoisotopic (exact) mass is 568 g/mol. The molecule has 2 amide bonds. The molecule has 2 aliphatic heterocycles. The zero-order valence-corrected chi connectivity index (χ0v) is 21.6. The Morgan fingerprint density at radius 3 is 1.43 bits per heavy atom. The zero-order valence-electron chi connectivity index (χ0n) is 16.8. The van der Waals surface area contributed by atoms with Gasteiger partial charge in [0, 0.05) is 13.1 Å². The molecule has 2 aliphatic rings. The molecule has 0 bridgehead atoms. The van der Waals surface area contributed by atoms with Gasteiger partial charge in [-0.05, 0) is 69.0 Å². The first-order valence-corrected chi connectivity index (χ1v) is 13.3. The van der Waals surface area contributed by atoms with Crippen molar-refractivity contribution in [2.75, 3.05) is 13.1 Å². The summed E-state index contributed by atoms with van der Waals surface area (Å²) in [4.78, 5) is 32.9. The van der Waals surface area contributed by atoms with Crippen molar-refractivity contribution in [1.82, 2.24) is 9.80 Å². The van der Waals surface area contributed by atoms with Gasteiger partial charge >= 0.3 is 0 Å². The summed E-state index contributed by atoms with van der Waals surface area (Å²) >= 11 is 10.2. The van der Waals surface area contributed by atoms with Gasteiger partial charge in [-0.3, -0.25) is 9.59 Å². The summed E-state index contributed by atoms with van der Waals surface area (Å²) in [6.45, 7) is 5.47. The van der Waals surface area contributed by atoms with E-state index < -0.39 is 0 Å². The van der Waals surface area contributed by atoms with Gasteiger partial charge in [0.05, 0.1) is 39.9 Å². The van der Waals surface area contributed by atoms with Gasteiger partial charge in [0.15, 0.2) is 0 Å². The second kappa shape index (κ2) is 9.10. The minimum Gasteiger partial charge on any atom is -0.306 e. The lowest BCUT2D eigenvalue weighted by Crippen LogP contribution is -2.30. The Balaban J connectivity index is 1.93. The number of hydrogen-bond acceptors (Lipinski definition) is 4. The van der Waals surface area contributed by atoms with Gasteiger partial charge in [0.25, 0.3) is 11.8 Å². The van der Waals surface area contributed by atoms with Crippen molar-refractivity contribution < 1.29 is 9.59 Å². The molecule has 0 atom stereocenters. The number of carbonyl (C=O) groups excluding carboxylic acids is 2. The Morgan fingerprint density at radius 2 is 1.13 bits per heavy atom. The summed E-state index contributed by atoms with van der Waals surface area (Å²) in [7, 11) is 0. The second-order valence-corrected chi connectivity index (χ2v) is 12.2. The Bertz CT molecular complexity index is 983. The van der Waals surface area contributed by atoms with Crippen LogP contribution in [0.15, 0.2) is 43.0 Å². The van der Waals surface area contributed by atoms with E-state index in [9.17, 15) is 9.59 Å². The quantitative estimate of drug-likeness (QED) is 0.353. The molecule has 0 aromatic carbocycles. The fourth-order valence-electron chi connectivity index (χ4n) is 3.85. The van der Waals surface area contributed by atoms with E-state index >= 15 is 0 Å². The Labute approximate surface area is 201 Å². The van der Waals surface area contributed by atoms with Crippen molar-refractivity contribution in [3.8, 4) is 0 Å². The average molecular weight is 570 g/mol. The van der Waals surface area contributed by atoms with Crippen LogP contribution in [0.4, 0.5) is 0 Å². The minimum absolute atomic E-state index is 0.0511. The molecule has 0 fully saturated rings. The molecule has 8 heteroatoms. The molecule has 4 rings (SSSR count). The maximum absolute atomic E-state index is 13.7. The number of halogens is 2. The highest BCUT2D eigenvalue weighted by atomic mass is 79.9. The lowest BCUT2D eigenvalue weighted by molar-refractivity contribution is -0.124. The standard InChI is InChI=1S/C22H22Br2N2O2S2/c1-3-5-11-25-19(13-7-9-15(23)29-13)17-18(21(25)27)20(14-8-10-16(24)30-14)26(22(17)28)12-6-4-2/h7-10H,3-6,11-12H2,1-2H3. The maximum Gasteiger partial charge on any atom is 0.261 e. The van der Waals surface area contributed by atoms with E-state index in [2.05, 4.69) is 45.7 Å². The van der Waals surface area contributed by atoms with Crippen LogP contribution in [-0.2, 0) is 9.59 Å². The van der Waals surface area contributed by atoms with Crippen molar-refractivity contribution in [2.24, 2.45) is 0 Å². The third-order valence-corrected chi connectivity index (χ3v) is 8.53. The van der Waals surface area contributed by atoms with E-state index in [1.165, 1.54) is 0 Å². The molecule has 0 N–H and O–H groups in total. The SMILES string of the molecule is CCCCN1C(=O)C2=C(c3ccc(Br)s3)N(CCCC)C(=O)C2=C1c1ccc(Br)s1. The lowest BCUT2D eigenvalue weighted by Gasteiger charge is -2.24. The Hall–Kier alpha value is -1.22. The van der Waals surface area contributed by atoms with Crippen molar-refractivity contribution >= 4 is 77.7 Å². The van der Waals surface area contributed by atoms with Gasteiger partial charge < -0.3 is 9.80 Å². The van der Waals surface area contributed by atoms with Gasteiger partial charge in [-0.1, -0.05) is 26.7 Å². The number of hydrogen-bond donors (Lipinski definition) is 0. The lowest BCUT2D eigenvalue weighted by atomic mass is 10.1. The van der Waals surface area contributed by atoms with E-state index in [-0.39, 0.29) is 11.8 Å². The molecular weight excluding hydrogens is 548 g/mol. The number of rotatable bonds is 8. The third-order valence-electron chi connectivity index (χ3n) is 5.27. The van der Waals surface area contributed by atoms with Gasteiger partial charge in [-0.2, -0.15) is 0 Å². The number of unbranched alkanes of at least 4 members (excludes halogenated alkanes) is 2. The Morgan fingerprint density at radius 1 is 0.733 bits per heavy atom. The van der Waals surface area contributed by atoms with Crippen LogP contribution in [0.1, 0.15) is 49.3 Å². The number of nitrogens with zero attached hydrogens (tertiary/aromatic N) is 2. The molecule has 0 saturated carbocycles. The molecule has 30 heavy (non-hydrogen) atoms. The molecular formula is C22H22Br2N2O2S2. The van der Waals surface area contributed by atoms with Gasteiger partial charge in [0.1, 0.15) is 0 Å². The molecule has 0 radical (unpaired) electrons. The van der Waals surface area contributed by atoms with E-state index in [0.717, 1.165) is 54.4 Å². The largest absolute Gasteiger partial charge is 0.306 e. The predicted molar refractivity (Wildman–Crippen MR) is 131 cm³/mol. The molecule has 0 spiro atoms. The number of thiophene rings is 2. The zero-order chi connectivity index (χ0) is 21.4. The first kappa shape index (κ1) is 22.0. The summed E-state index contributed by atoms with van der Waals surface area (Å²) in [6, 6.07) is 7.94. The fraction of sp³-hybridized carbons (Fsp3) is 0.364. The summed E-state index contributed by atoms with van der Waals surface area (Å²) in [5.74, 6) is -0.102. The number of fused-ring (bicyclic) bond motifs is 1. The molecule has 4 nitrogen and oxygen atoms in total. The van der Waals surface area contributed by atoms with Crippen LogP contribution in [0.5, 0.6) is 0 Å². The summed E-state index contributed by atoms with van der Waals surface area (Å²) in [5.41, 5.74) is 2.69. The van der Waals surface area contributed by atoms with Crippen LogP contribution in [0, 0.1) is 0 Å². The summed E-state index contributed by atoms with van der Waals surface area (Å²) in [6.07, 6.45) is 3.77.